The highest BCUT2D eigenvalue weighted by Gasteiger charge is 2.37. The van der Waals surface area contributed by atoms with Gasteiger partial charge < -0.3 is 10.0 Å². The number of hydrogen-bond acceptors (Lipinski definition) is 5. The van der Waals surface area contributed by atoms with Crippen LogP contribution in [0.2, 0.25) is 0 Å². The van der Waals surface area contributed by atoms with Crippen LogP contribution in [-0.4, -0.2) is 62.5 Å². The van der Waals surface area contributed by atoms with Gasteiger partial charge in [0.25, 0.3) is 0 Å². The number of aromatic carboxylic acids is 1. The molecule has 2 saturated heterocycles. The van der Waals surface area contributed by atoms with Crippen LogP contribution in [0.1, 0.15) is 80.4 Å². The molecule has 0 unspecified atom stereocenters. The van der Waals surface area contributed by atoms with Gasteiger partial charge in [0.05, 0.1) is 22.5 Å². The fourth-order valence-electron chi connectivity index (χ4n) is 6.18. The zero-order chi connectivity index (χ0) is 24.0. The van der Waals surface area contributed by atoms with E-state index in [1.54, 1.807) is 6.07 Å². The van der Waals surface area contributed by atoms with Gasteiger partial charge in [-0.25, -0.2) is 14.5 Å². The van der Waals surface area contributed by atoms with Gasteiger partial charge in [0.2, 0.25) is 0 Å². The van der Waals surface area contributed by atoms with Crippen LogP contribution in [0.25, 0.3) is 16.7 Å². The Morgan fingerprint density at radius 2 is 1.71 bits per heavy atom. The molecule has 0 bridgehead atoms. The molecule has 1 saturated carbocycles. The van der Waals surface area contributed by atoms with Gasteiger partial charge in [-0.2, -0.15) is 5.10 Å². The molecule has 3 aliphatic rings. The van der Waals surface area contributed by atoms with Crippen molar-refractivity contribution in [1.29, 1.82) is 0 Å². The largest absolute Gasteiger partial charge is 0.477 e. The number of aromatic nitrogens is 3. The summed E-state index contributed by atoms with van der Waals surface area (Å²) in [6.45, 7) is 6.68. The van der Waals surface area contributed by atoms with E-state index >= 15 is 0 Å². The van der Waals surface area contributed by atoms with E-state index in [1.807, 2.05) is 35.0 Å². The van der Waals surface area contributed by atoms with Gasteiger partial charge in [0.1, 0.15) is 0 Å². The van der Waals surface area contributed by atoms with Crippen molar-refractivity contribution in [2.75, 3.05) is 31.1 Å². The Labute approximate surface area is 206 Å². The first-order chi connectivity index (χ1) is 17.0. The first-order valence-corrected chi connectivity index (χ1v) is 13.3. The Morgan fingerprint density at radius 1 is 1.00 bits per heavy atom. The van der Waals surface area contributed by atoms with Crippen LogP contribution < -0.4 is 4.90 Å². The van der Waals surface area contributed by atoms with Crippen molar-refractivity contribution in [2.45, 2.75) is 69.7 Å². The fourth-order valence-corrected chi connectivity index (χ4v) is 6.18. The first kappa shape index (κ1) is 22.5. The van der Waals surface area contributed by atoms with E-state index < -0.39 is 5.97 Å². The maximum absolute atomic E-state index is 12.1. The van der Waals surface area contributed by atoms with Crippen LogP contribution in [0.15, 0.2) is 36.4 Å². The molecule has 184 valence electrons. The third-order valence-corrected chi connectivity index (χ3v) is 8.66. The van der Waals surface area contributed by atoms with Crippen LogP contribution in [0.4, 0.5) is 5.69 Å². The van der Waals surface area contributed by atoms with E-state index in [0.29, 0.717) is 11.6 Å². The normalized spacial score (nSPS) is 21.2. The van der Waals surface area contributed by atoms with Crippen LogP contribution in [0.5, 0.6) is 0 Å². The van der Waals surface area contributed by atoms with Crippen LogP contribution in [0, 0.1) is 0 Å². The molecule has 0 atom stereocenters. The number of carboxylic acids is 1. The van der Waals surface area contributed by atoms with Crippen molar-refractivity contribution in [3.8, 4) is 5.69 Å². The summed E-state index contributed by atoms with van der Waals surface area (Å²) in [5.41, 5.74) is 3.98. The zero-order valence-electron chi connectivity index (χ0n) is 20.6. The maximum atomic E-state index is 12.1. The molecule has 3 fully saturated rings. The summed E-state index contributed by atoms with van der Waals surface area (Å²) >= 11 is 0. The smallest absolute Gasteiger partial charge is 0.354 e. The van der Waals surface area contributed by atoms with E-state index in [2.05, 4.69) is 21.7 Å². The van der Waals surface area contributed by atoms with E-state index in [9.17, 15) is 9.90 Å². The lowest BCUT2D eigenvalue weighted by Crippen LogP contribution is -2.55. The predicted octanol–water partition coefficient (Wildman–Crippen LogP) is 5.23. The summed E-state index contributed by atoms with van der Waals surface area (Å²) in [5, 5.41) is 16.1. The summed E-state index contributed by atoms with van der Waals surface area (Å²) in [5.74, 6) is -0.573. The molecule has 2 aromatic heterocycles. The zero-order valence-corrected chi connectivity index (χ0v) is 20.6. The highest BCUT2D eigenvalue weighted by Crippen LogP contribution is 2.43. The van der Waals surface area contributed by atoms with Crippen molar-refractivity contribution in [3.63, 3.8) is 0 Å². The number of carbonyl (C=O) groups is 1. The highest BCUT2D eigenvalue weighted by atomic mass is 16.4. The number of carboxylic acid groups (broad SMARTS) is 1. The molecule has 0 spiro atoms. The van der Waals surface area contributed by atoms with E-state index in [-0.39, 0.29) is 11.2 Å². The third kappa shape index (κ3) is 3.99. The lowest BCUT2D eigenvalue weighted by Gasteiger charge is -2.49. The summed E-state index contributed by atoms with van der Waals surface area (Å²) < 4.78 is 1.86. The Morgan fingerprint density at radius 3 is 2.34 bits per heavy atom. The molecule has 1 aromatic carbocycles. The van der Waals surface area contributed by atoms with Gasteiger partial charge in [0.15, 0.2) is 11.3 Å². The number of anilines is 1. The fraction of sp³-hybridized carbons (Fsp3) is 0.536. The Kier molecular flexibility index (Phi) is 5.75. The summed E-state index contributed by atoms with van der Waals surface area (Å²) in [6.07, 6.45) is 9.61. The molecule has 3 aromatic rings. The Bertz CT molecular complexity index is 1220. The number of hydrogen-bond donors (Lipinski definition) is 1. The maximum Gasteiger partial charge on any atom is 0.354 e. The Balaban J connectivity index is 1.43. The minimum atomic E-state index is -0.991. The van der Waals surface area contributed by atoms with Gasteiger partial charge in [-0.3, -0.25) is 4.90 Å². The minimum absolute atomic E-state index is 0.0918. The molecule has 35 heavy (non-hydrogen) atoms. The SMILES string of the molecule is CC1(N2CCCCC2)CCN(c2cc(C(=O)O)nc3c2c(C2CCC2)nn3-c2ccccc2)CC1. The number of rotatable bonds is 5. The van der Waals surface area contributed by atoms with Crippen molar-refractivity contribution >= 4 is 22.7 Å². The van der Waals surface area contributed by atoms with Crippen LogP contribution >= 0.6 is 0 Å². The lowest BCUT2D eigenvalue weighted by atomic mass is 9.81. The predicted molar refractivity (Wildman–Crippen MR) is 138 cm³/mol. The minimum Gasteiger partial charge on any atom is -0.477 e. The van der Waals surface area contributed by atoms with Crippen molar-refractivity contribution in [3.05, 3.63) is 47.8 Å². The van der Waals surface area contributed by atoms with Crippen LogP contribution in [-0.2, 0) is 0 Å². The number of piperidine rings is 2. The molecule has 1 N–H and O–H groups in total. The van der Waals surface area contributed by atoms with Crippen molar-refractivity contribution in [2.24, 2.45) is 0 Å². The summed E-state index contributed by atoms with van der Waals surface area (Å²) in [6, 6.07) is 11.8. The first-order valence-electron chi connectivity index (χ1n) is 13.3. The number of likely N-dealkylation sites (tertiary alicyclic amines) is 1. The molecule has 0 radical (unpaired) electrons. The number of nitrogens with zero attached hydrogens (tertiary/aromatic N) is 5. The molecule has 6 rings (SSSR count). The van der Waals surface area contributed by atoms with Gasteiger partial charge >= 0.3 is 5.97 Å². The monoisotopic (exact) mass is 473 g/mol. The molecule has 0 amide bonds. The third-order valence-electron chi connectivity index (χ3n) is 8.66. The second-order valence-electron chi connectivity index (χ2n) is 10.8. The number of para-hydroxylation sites is 1. The van der Waals surface area contributed by atoms with E-state index in [1.165, 1.54) is 38.8 Å². The van der Waals surface area contributed by atoms with E-state index in [0.717, 1.165) is 61.2 Å². The topological polar surface area (TPSA) is 74.5 Å². The molecular weight excluding hydrogens is 438 g/mol. The van der Waals surface area contributed by atoms with Gasteiger partial charge in [0, 0.05) is 24.5 Å². The molecule has 2 aliphatic heterocycles. The standard InChI is InChI=1S/C28H35N5O2/c1-28(32-15-6-3-7-16-32)13-17-31(18-14-28)23-19-22(27(34)35)29-26-24(23)25(20-9-8-10-20)30-33(26)21-11-4-2-5-12-21/h2,4-5,11-12,19-20H,3,6-10,13-18H2,1H3,(H,34,35). The molecule has 1 aliphatic carbocycles. The van der Waals surface area contributed by atoms with Gasteiger partial charge in [-0.05, 0) is 76.7 Å². The molecule has 7 heteroatoms. The molecular formula is C28H35N5O2. The van der Waals surface area contributed by atoms with Crippen molar-refractivity contribution < 1.29 is 9.90 Å². The second kappa shape index (κ2) is 8.94. The average molecular weight is 474 g/mol. The Hall–Kier alpha value is -2.93. The van der Waals surface area contributed by atoms with E-state index in [4.69, 9.17) is 5.10 Å². The van der Waals surface area contributed by atoms with Crippen molar-refractivity contribution in [1.82, 2.24) is 19.7 Å². The number of pyridine rings is 1. The lowest BCUT2D eigenvalue weighted by molar-refractivity contribution is 0.0594. The summed E-state index contributed by atoms with van der Waals surface area (Å²) in [7, 11) is 0. The average Bonchev–Trinajstić information content (AvgIpc) is 3.23. The van der Waals surface area contributed by atoms with Crippen LogP contribution in [0.3, 0.4) is 0 Å². The quantitative estimate of drug-likeness (QED) is 0.547. The second-order valence-corrected chi connectivity index (χ2v) is 10.8. The highest BCUT2D eigenvalue weighted by molar-refractivity contribution is 5.98. The molecule has 7 nitrogen and oxygen atoms in total. The number of benzene rings is 1. The van der Waals surface area contributed by atoms with Gasteiger partial charge in [-0.1, -0.05) is 31.0 Å². The molecule has 4 heterocycles. The number of fused-ring (bicyclic) bond motifs is 1. The van der Waals surface area contributed by atoms with Gasteiger partial charge in [-0.15, -0.1) is 0 Å². The summed E-state index contributed by atoms with van der Waals surface area (Å²) in [4.78, 5) is 21.9.